The van der Waals surface area contributed by atoms with Crippen LogP contribution in [0.25, 0.3) is 0 Å². The Balaban J connectivity index is 2.21. The fourth-order valence-corrected chi connectivity index (χ4v) is 3.40. The van der Waals surface area contributed by atoms with Crippen molar-refractivity contribution in [3.63, 3.8) is 0 Å². The van der Waals surface area contributed by atoms with Crippen LogP contribution in [0, 0.1) is 17.6 Å². The number of rotatable bonds is 3. The standard InChI is InChI=1S/C13H22N2S/c1-3-12(11-7-5-4-6-8-11)15-9-10(2)14-13(15)16/h9,11-12H,3-8H2,1-2H3,(H,14,16). The van der Waals surface area contributed by atoms with Crippen LogP contribution in [0.2, 0.25) is 0 Å². The Morgan fingerprint density at radius 3 is 2.62 bits per heavy atom. The summed E-state index contributed by atoms with van der Waals surface area (Å²) in [4.78, 5) is 3.24. The molecular weight excluding hydrogens is 216 g/mol. The van der Waals surface area contributed by atoms with Crippen molar-refractivity contribution >= 4 is 12.2 Å². The van der Waals surface area contributed by atoms with Gasteiger partial charge in [-0.1, -0.05) is 26.2 Å². The molecular formula is C13H22N2S. The number of aromatic nitrogens is 2. The number of aromatic amines is 1. The minimum Gasteiger partial charge on any atom is -0.335 e. The van der Waals surface area contributed by atoms with E-state index in [-0.39, 0.29) is 0 Å². The molecule has 1 fully saturated rings. The third-order valence-corrected chi connectivity index (χ3v) is 4.15. The lowest BCUT2D eigenvalue weighted by Gasteiger charge is -2.30. The molecule has 0 aliphatic heterocycles. The highest BCUT2D eigenvalue weighted by Crippen LogP contribution is 2.34. The van der Waals surface area contributed by atoms with Gasteiger partial charge in [-0.05, 0) is 44.3 Å². The van der Waals surface area contributed by atoms with Gasteiger partial charge in [0.2, 0.25) is 0 Å². The first-order valence-corrected chi connectivity index (χ1v) is 6.91. The molecule has 1 N–H and O–H groups in total. The Labute approximate surface area is 103 Å². The molecule has 3 heteroatoms. The molecule has 1 aromatic heterocycles. The fourth-order valence-electron chi connectivity index (χ4n) is 3.06. The molecule has 1 unspecified atom stereocenters. The number of nitrogens with zero attached hydrogens (tertiary/aromatic N) is 1. The quantitative estimate of drug-likeness (QED) is 0.775. The van der Waals surface area contributed by atoms with E-state index in [0.717, 1.165) is 10.7 Å². The number of H-pyrrole nitrogens is 1. The van der Waals surface area contributed by atoms with Crippen molar-refractivity contribution in [1.29, 1.82) is 0 Å². The van der Waals surface area contributed by atoms with Gasteiger partial charge in [0.15, 0.2) is 4.77 Å². The average molecular weight is 238 g/mol. The Kier molecular flexibility index (Phi) is 3.85. The Morgan fingerprint density at radius 2 is 2.12 bits per heavy atom. The normalized spacial score (nSPS) is 19.9. The van der Waals surface area contributed by atoms with E-state index in [1.54, 1.807) is 0 Å². The molecule has 0 saturated heterocycles. The number of nitrogens with one attached hydrogen (secondary N) is 1. The molecule has 0 bridgehead atoms. The van der Waals surface area contributed by atoms with Gasteiger partial charge in [-0.2, -0.15) is 0 Å². The molecule has 16 heavy (non-hydrogen) atoms. The van der Waals surface area contributed by atoms with Crippen molar-refractivity contribution in [2.24, 2.45) is 5.92 Å². The third-order valence-electron chi connectivity index (χ3n) is 3.84. The highest BCUT2D eigenvalue weighted by atomic mass is 32.1. The predicted molar refractivity (Wildman–Crippen MR) is 70.3 cm³/mol. The summed E-state index contributed by atoms with van der Waals surface area (Å²) in [5.41, 5.74) is 1.18. The smallest absolute Gasteiger partial charge is 0.177 e. The highest BCUT2D eigenvalue weighted by molar-refractivity contribution is 7.71. The van der Waals surface area contributed by atoms with E-state index in [9.17, 15) is 0 Å². The van der Waals surface area contributed by atoms with E-state index >= 15 is 0 Å². The maximum Gasteiger partial charge on any atom is 0.177 e. The summed E-state index contributed by atoms with van der Waals surface area (Å²) in [5.74, 6) is 0.834. The molecule has 0 aromatic carbocycles. The van der Waals surface area contributed by atoms with Crippen LogP contribution in [-0.4, -0.2) is 9.55 Å². The van der Waals surface area contributed by atoms with Crippen LogP contribution in [0.1, 0.15) is 57.2 Å². The summed E-state index contributed by atoms with van der Waals surface area (Å²) in [6, 6.07) is 0.609. The van der Waals surface area contributed by atoms with Gasteiger partial charge in [-0.3, -0.25) is 0 Å². The van der Waals surface area contributed by atoms with E-state index in [4.69, 9.17) is 12.2 Å². The molecule has 2 nitrogen and oxygen atoms in total. The zero-order valence-electron chi connectivity index (χ0n) is 10.3. The topological polar surface area (TPSA) is 20.7 Å². The third kappa shape index (κ3) is 2.40. The first-order valence-electron chi connectivity index (χ1n) is 6.50. The van der Waals surface area contributed by atoms with Crippen LogP contribution in [0.15, 0.2) is 6.20 Å². The lowest BCUT2D eigenvalue weighted by molar-refractivity contribution is 0.241. The molecule has 90 valence electrons. The van der Waals surface area contributed by atoms with Crippen molar-refractivity contribution in [3.05, 3.63) is 16.7 Å². The van der Waals surface area contributed by atoms with E-state index in [0.29, 0.717) is 6.04 Å². The molecule has 1 aliphatic rings. The second kappa shape index (κ2) is 5.17. The fraction of sp³-hybridized carbons (Fsp3) is 0.769. The first-order chi connectivity index (χ1) is 7.72. The minimum atomic E-state index is 0.609. The van der Waals surface area contributed by atoms with Gasteiger partial charge in [-0.25, -0.2) is 0 Å². The van der Waals surface area contributed by atoms with Gasteiger partial charge in [0.25, 0.3) is 0 Å². The Hall–Kier alpha value is -0.570. The van der Waals surface area contributed by atoms with Gasteiger partial charge >= 0.3 is 0 Å². The summed E-state index contributed by atoms with van der Waals surface area (Å²) in [5, 5.41) is 0. The number of hydrogen-bond donors (Lipinski definition) is 1. The van der Waals surface area contributed by atoms with Crippen LogP contribution >= 0.6 is 12.2 Å². The summed E-state index contributed by atoms with van der Waals surface area (Å²) in [6.07, 6.45) is 10.4. The predicted octanol–water partition coefficient (Wildman–Crippen LogP) is 4.39. The average Bonchev–Trinajstić information content (AvgIpc) is 2.61. The summed E-state index contributed by atoms with van der Waals surface area (Å²) in [6.45, 7) is 4.36. The minimum absolute atomic E-state index is 0.609. The van der Waals surface area contributed by atoms with Crippen molar-refractivity contribution in [3.8, 4) is 0 Å². The van der Waals surface area contributed by atoms with Gasteiger partial charge in [0, 0.05) is 17.9 Å². The van der Waals surface area contributed by atoms with Crippen LogP contribution < -0.4 is 0 Å². The first kappa shape index (κ1) is 11.9. The Morgan fingerprint density at radius 1 is 1.44 bits per heavy atom. The van der Waals surface area contributed by atoms with Gasteiger partial charge in [-0.15, -0.1) is 0 Å². The van der Waals surface area contributed by atoms with Crippen molar-refractivity contribution < 1.29 is 0 Å². The molecule has 1 aliphatic carbocycles. The summed E-state index contributed by atoms with van der Waals surface area (Å²) in [7, 11) is 0. The zero-order chi connectivity index (χ0) is 11.5. The van der Waals surface area contributed by atoms with Gasteiger partial charge < -0.3 is 9.55 Å². The molecule has 1 aromatic rings. The van der Waals surface area contributed by atoms with Gasteiger partial charge in [0.1, 0.15) is 0 Å². The summed E-state index contributed by atoms with van der Waals surface area (Å²) >= 11 is 5.39. The molecule has 1 saturated carbocycles. The van der Waals surface area contributed by atoms with Crippen molar-refractivity contribution in [1.82, 2.24) is 9.55 Å². The van der Waals surface area contributed by atoms with Gasteiger partial charge in [0.05, 0.1) is 0 Å². The SMILES string of the molecule is CCC(C1CCCCC1)n1cc(C)[nH]c1=S. The van der Waals surface area contributed by atoms with E-state index in [1.165, 1.54) is 44.2 Å². The van der Waals surface area contributed by atoms with E-state index in [2.05, 4.69) is 29.6 Å². The maximum absolute atomic E-state index is 5.39. The lowest BCUT2D eigenvalue weighted by Crippen LogP contribution is -2.21. The van der Waals surface area contributed by atoms with Crippen molar-refractivity contribution in [2.75, 3.05) is 0 Å². The van der Waals surface area contributed by atoms with Crippen LogP contribution in [0.5, 0.6) is 0 Å². The number of imidazole rings is 1. The second-order valence-corrected chi connectivity index (χ2v) is 5.41. The molecule has 0 radical (unpaired) electrons. The van der Waals surface area contributed by atoms with E-state index in [1.807, 2.05) is 0 Å². The van der Waals surface area contributed by atoms with Crippen LogP contribution in [0.4, 0.5) is 0 Å². The van der Waals surface area contributed by atoms with E-state index < -0.39 is 0 Å². The number of hydrogen-bond acceptors (Lipinski definition) is 1. The lowest BCUT2D eigenvalue weighted by atomic mass is 9.83. The molecule has 1 atom stereocenters. The van der Waals surface area contributed by atoms with Crippen molar-refractivity contribution in [2.45, 2.75) is 58.4 Å². The van der Waals surface area contributed by atoms with Crippen LogP contribution in [0.3, 0.4) is 0 Å². The summed E-state index contributed by atoms with van der Waals surface area (Å²) < 4.78 is 3.19. The zero-order valence-corrected chi connectivity index (χ0v) is 11.1. The number of aryl methyl sites for hydroxylation is 1. The second-order valence-electron chi connectivity index (χ2n) is 5.02. The maximum atomic E-state index is 5.39. The Bertz CT molecular complexity index is 385. The molecule has 2 rings (SSSR count). The molecule has 1 heterocycles. The molecule has 0 spiro atoms. The largest absolute Gasteiger partial charge is 0.335 e. The monoisotopic (exact) mass is 238 g/mol. The molecule has 0 amide bonds. The van der Waals surface area contributed by atoms with Crippen LogP contribution in [-0.2, 0) is 0 Å². The highest BCUT2D eigenvalue weighted by Gasteiger charge is 2.24.